The molecule has 0 amide bonds. The lowest BCUT2D eigenvalue weighted by Crippen LogP contribution is -2.24. The fourth-order valence-electron chi connectivity index (χ4n) is 1.06. The smallest absolute Gasteiger partial charge is 0.258 e. The van der Waals surface area contributed by atoms with Crippen LogP contribution in [0.3, 0.4) is 0 Å². The first-order valence-electron chi connectivity index (χ1n) is 4.43. The molecule has 0 aliphatic carbocycles. The summed E-state index contributed by atoms with van der Waals surface area (Å²) in [5, 5.41) is 10.5. The summed E-state index contributed by atoms with van der Waals surface area (Å²) in [6.45, 7) is 3.37. The lowest BCUT2D eigenvalue weighted by molar-refractivity contribution is -0.385. The van der Waals surface area contributed by atoms with Crippen molar-refractivity contribution in [3.05, 3.63) is 46.0 Å². The average molecular weight is 277 g/mol. The van der Waals surface area contributed by atoms with Gasteiger partial charge in [0.1, 0.15) is 4.90 Å². The number of hydrogen-bond donors (Lipinski definition) is 1. The number of hydrogen-bond acceptors (Lipinski definition) is 4. The minimum absolute atomic E-state index is 0.0152. The van der Waals surface area contributed by atoms with Crippen LogP contribution in [0.25, 0.3) is 0 Å². The predicted molar refractivity (Wildman–Crippen MR) is 63.5 cm³/mol. The molecule has 0 aliphatic rings. The molecule has 6 nitrogen and oxygen atoms in total. The Morgan fingerprint density at radius 1 is 1.53 bits per heavy atom. The number of nitrogens with one attached hydrogen (secondary N) is 1. The van der Waals surface area contributed by atoms with Crippen molar-refractivity contribution in [3.8, 4) is 0 Å². The van der Waals surface area contributed by atoms with E-state index in [0.29, 0.717) is 0 Å². The van der Waals surface area contributed by atoms with Gasteiger partial charge in [0.15, 0.2) is 0 Å². The first kappa shape index (κ1) is 13.6. The van der Waals surface area contributed by atoms with Gasteiger partial charge in [-0.05, 0) is 6.07 Å². The zero-order valence-corrected chi connectivity index (χ0v) is 10.2. The predicted octanol–water partition coefficient (Wildman–Crippen LogP) is 1.71. The number of sulfonamides is 1. The number of nitrogens with zero attached hydrogens (tertiary/aromatic N) is 1. The van der Waals surface area contributed by atoms with E-state index in [4.69, 9.17) is 11.6 Å². The van der Waals surface area contributed by atoms with Crippen molar-refractivity contribution in [1.29, 1.82) is 0 Å². The third-order valence-corrected chi connectivity index (χ3v) is 3.74. The quantitative estimate of drug-likeness (QED) is 0.504. The van der Waals surface area contributed by atoms with Crippen molar-refractivity contribution in [3.63, 3.8) is 0 Å². The molecule has 1 aromatic carbocycles. The van der Waals surface area contributed by atoms with Gasteiger partial charge in [-0.3, -0.25) is 10.1 Å². The molecule has 8 heteroatoms. The van der Waals surface area contributed by atoms with Gasteiger partial charge in [0.2, 0.25) is 10.0 Å². The lowest BCUT2D eigenvalue weighted by Gasteiger charge is -2.06. The summed E-state index contributed by atoms with van der Waals surface area (Å²) in [5.41, 5.74) is -0.339. The third-order valence-electron chi connectivity index (χ3n) is 1.83. The maximum atomic E-state index is 11.7. The molecule has 0 saturated heterocycles. The van der Waals surface area contributed by atoms with Crippen molar-refractivity contribution >= 4 is 27.3 Å². The Bertz CT molecular complexity index is 556. The van der Waals surface area contributed by atoms with Crippen LogP contribution >= 0.6 is 11.6 Å². The molecule has 0 heterocycles. The van der Waals surface area contributed by atoms with Crippen molar-refractivity contribution < 1.29 is 13.3 Å². The number of non-ortho nitro benzene ring substituents is 1. The summed E-state index contributed by atoms with van der Waals surface area (Å²) in [6, 6.07) is 3.21. The number of rotatable bonds is 5. The first-order chi connectivity index (χ1) is 7.88. The van der Waals surface area contributed by atoms with Crippen LogP contribution in [0.5, 0.6) is 0 Å². The van der Waals surface area contributed by atoms with Crippen LogP contribution in [-0.2, 0) is 10.0 Å². The van der Waals surface area contributed by atoms with Crippen LogP contribution in [0.2, 0.25) is 5.02 Å². The summed E-state index contributed by atoms with van der Waals surface area (Å²) in [4.78, 5) is 9.52. The fourth-order valence-corrected chi connectivity index (χ4v) is 2.57. The van der Waals surface area contributed by atoms with E-state index in [2.05, 4.69) is 11.3 Å². The second-order valence-electron chi connectivity index (χ2n) is 3.01. The van der Waals surface area contributed by atoms with Crippen molar-refractivity contribution in [2.45, 2.75) is 4.90 Å². The van der Waals surface area contributed by atoms with E-state index >= 15 is 0 Å². The van der Waals surface area contributed by atoms with Crippen LogP contribution in [0.1, 0.15) is 0 Å². The number of nitro benzene ring substituents is 1. The van der Waals surface area contributed by atoms with Gasteiger partial charge >= 0.3 is 0 Å². The molecule has 0 unspecified atom stereocenters. The van der Waals surface area contributed by atoms with Crippen molar-refractivity contribution in [2.24, 2.45) is 0 Å². The van der Waals surface area contributed by atoms with E-state index in [1.165, 1.54) is 12.1 Å². The minimum Gasteiger partial charge on any atom is -0.258 e. The van der Waals surface area contributed by atoms with Crippen molar-refractivity contribution in [2.75, 3.05) is 6.54 Å². The Morgan fingerprint density at radius 2 is 2.18 bits per heavy atom. The highest BCUT2D eigenvalue weighted by atomic mass is 35.5. The van der Waals surface area contributed by atoms with Gasteiger partial charge in [0, 0.05) is 18.7 Å². The second kappa shape index (κ2) is 5.26. The van der Waals surface area contributed by atoms with E-state index in [1.54, 1.807) is 0 Å². The molecular weight excluding hydrogens is 268 g/mol. The molecular formula is C9H9ClN2O4S. The van der Waals surface area contributed by atoms with E-state index in [0.717, 1.165) is 12.1 Å². The Balaban J connectivity index is 3.25. The molecule has 1 rings (SSSR count). The van der Waals surface area contributed by atoms with Crippen LogP contribution in [0.4, 0.5) is 5.69 Å². The molecule has 0 atom stereocenters. The topological polar surface area (TPSA) is 89.3 Å². The largest absolute Gasteiger partial charge is 0.270 e. The third kappa shape index (κ3) is 3.26. The highest BCUT2D eigenvalue weighted by molar-refractivity contribution is 7.89. The van der Waals surface area contributed by atoms with Gasteiger partial charge in [-0.1, -0.05) is 17.7 Å². The summed E-state index contributed by atoms with van der Waals surface area (Å²) in [6.07, 6.45) is 1.35. The zero-order chi connectivity index (χ0) is 13.1. The Labute approximate surface area is 103 Å². The Kier molecular flexibility index (Phi) is 4.22. The monoisotopic (exact) mass is 276 g/mol. The average Bonchev–Trinajstić information content (AvgIpc) is 2.26. The number of benzene rings is 1. The molecule has 1 aromatic rings. The molecule has 1 N–H and O–H groups in total. The first-order valence-corrected chi connectivity index (χ1v) is 6.29. The maximum absolute atomic E-state index is 11.7. The van der Waals surface area contributed by atoms with Gasteiger partial charge in [0.25, 0.3) is 5.69 Å². The van der Waals surface area contributed by atoms with Crippen LogP contribution in [0, 0.1) is 10.1 Å². The highest BCUT2D eigenvalue weighted by Crippen LogP contribution is 2.25. The minimum atomic E-state index is -3.87. The summed E-state index contributed by atoms with van der Waals surface area (Å²) >= 11 is 5.70. The summed E-state index contributed by atoms with van der Waals surface area (Å²) in [7, 11) is -3.87. The summed E-state index contributed by atoms with van der Waals surface area (Å²) in [5.74, 6) is 0. The number of nitro groups is 1. The number of halogens is 1. The van der Waals surface area contributed by atoms with Gasteiger partial charge in [0.05, 0.1) is 9.95 Å². The maximum Gasteiger partial charge on any atom is 0.270 e. The summed E-state index contributed by atoms with van der Waals surface area (Å²) < 4.78 is 25.6. The second-order valence-corrected chi connectivity index (χ2v) is 5.15. The van der Waals surface area contributed by atoms with Gasteiger partial charge in [-0.15, -0.1) is 6.58 Å². The molecule has 0 aliphatic heterocycles. The van der Waals surface area contributed by atoms with E-state index in [-0.39, 0.29) is 22.2 Å². The van der Waals surface area contributed by atoms with Gasteiger partial charge in [-0.2, -0.15) is 0 Å². The lowest BCUT2D eigenvalue weighted by atomic mass is 10.3. The van der Waals surface area contributed by atoms with Crippen LogP contribution in [0.15, 0.2) is 35.7 Å². The molecule has 0 saturated carbocycles. The molecule has 0 spiro atoms. The normalized spacial score (nSPS) is 11.1. The SMILES string of the molecule is C=CCNS(=O)(=O)c1cc([N+](=O)[O-])ccc1Cl. The zero-order valence-electron chi connectivity index (χ0n) is 8.59. The Hall–Kier alpha value is -1.44. The van der Waals surface area contributed by atoms with E-state index in [1.807, 2.05) is 0 Å². The van der Waals surface area contributed by atoms with E-state index < -0.39 is 14.9 Å². The Morgan fingerprint density at radius 3 is 2.71 bits per heavy atom. The molecule has 17 heavy (non-hydrogen) atoms. The fraction of sp³-hybridized carbons (Fsp3) is 0.111. The van der Waals surface area contributed by atoms with Gasteiger partial charge < -0.3 is 0 Å². The molecule has 0 fully saturated rings. The standard InChI is InChI=1S/C9H9ClN2O4S/c1-2-5-11-17(15,16)9-6-7(12(13)14)3-4-8(9)10/h2-4,6,11H,1,5H2. The van der Waals surface area contributed by atoms with Crippen LogP contribution < -0.4 is 4.72 Å². The van der Waals surface area contributed by atoms with Gasteiger partial charge in [-0.25, -0.2) is 13.1 Å². The molecule has 0 aromatic heterocycles. The molecule has 0 bridgehead atoms. The molecule has 0 radical (unpaired) electrons. The highest BCUT2D eigenvalue weighted by Gasteiger charge is 2.20. The van der Waals surface area contributed by atoms with Crippen molar-refractivity contribution in [1.82, 2.24) is 4.72 Å². The van der Waals surface area contributed by atoms with E-state index in [9.17, 15) is 18.5 Å². The molecule has 92 valence electrons. The van der Waals surface area contributed by atoms with Crippen LogP contribution in [-0.4, -0.2) is 19.9 Å².